The van der Waals surface area contributed by atoms with Gasteiger partial charge in [0.05, 0.1) is 0 Å². The Balaban J connectivity index is 3.06. The summed E-state index contributed by atoms with van der Waals surface area (Å²) in [6, 6.07) is 0. The SMILES string of the molecule is CCC(C)CCCCCCCCCCCCCO[Si](C)(C)C. The molecule has 0 spiro atoms. The largest absolute Gasteiger partial charge is 0.418 e. The van der Waals surface area contributed by atoms with Crippen molar-refractivity contribution in [2.24, 2.45) is 5.92 Å². The molecular formula is C20H44OSi. The second-order valence-corrected chi connectivity index (χ2v) is 12.7. The summed E-state index contributed by atoms with van der Waals surface area (Å²) in [5.74, 6) is 0.941. The van der Waals surface area contributed by atoms with Gasteiger partial charge in [-0.3, -0.25) is 0 Å². The van der Waals surface area contributed by atoms with Crippen LogP contribution in [0.15, 0.2) is 0 Å². The fourth-order valence-corrected chi connectivity index (χ4v) is 3.53. The lowest BCUT2D eigenvalue weighted by Crippen LogP contribution is -2.25. The summed E-state index contributed by atoms with van der Waals surface area (Å²) in [4.78, 5) is 0. The van der Waals surface area contributed by atoms with Gasteiger partial charge in [0.25, 0.3) is 0 Å². The van der Waals surface area contributed by atoms with Gasteiger partial charge in [0.2, 0.25) is 0 Å². The summed E-state index contributed by atoms with van der Waals surface area (Å²) in [6.07, 6.45) is 18.5. The molecule has 0 aliphatic carbocycles. The molecule has 0 saturated heterocycles. The molecule has 134 valence electrons. The maximum atomic E-state index is 5.88. The van der Waals surface area contributed by atoms with Gasteiger partial charge >= 0.3 is 0 Å². The standard InChI is InChI=1S/C20H44OSi/c1-6-20(2)18-16-14-12-10-8-7-9-11-13-15-17-19-21-22(3,4)5/h20H,6-19H2,1-5H3. The summed E-state index contributed by atoms with van der Waals surface area (Å²) in [5, 5.41) is 0. The van der Waals surface area contributed by atoms with Gasteiger partial charge in [-0.2, -0.15) is 0 Å². The Bertz CT molecular complexity index is 222. The van der Waals surface area contributed by atoms with E-state index in [1.807, 2.05) is 0 Å². The van der Waals surface area contributed by atoms with Crippen LogP contribution in [0.5, 0.6) is 0 Å². The minimum atomic E-state index is -1.27. The smallest absolute Gasteiger partial charge is 0.183 e. The third-order valence-electron chi connectivity index (χ3n) is 4.57. The lowest BCUT2D eigenvalue weighted by Gasteiger charge is -2.16. The summed E-state index contributed by atoms with van der Waals surface area (Å²) in [7, 11) is -1.27. The molecule has 0 amide bonds. The zero-order valence-electron chi connectivity index (χ0n) is 16.4. The van der Waals surface area contributed by atoms with Crippen LogP contribution >= 0.6 is 0 Å². The van der Waals surface area contributed by atoms with E-state index in [0.717, 1.165) is 12.5 Å². The average molecular weight is 329 g/mol. The molecule has 0 aromatic heterocycles. The van der Waals surface area contributed by atoms with Crippen molar-refractivity contribution in [2.75, 3.05) is 6.61 Å². The van der Waals surface area contributed by atoms with Crippen LogP contribution in [0, 0.1) is 5.92 Å². The summed E-state index contributed by atoms with van der Waals surface area (Å²) < 4.78 is 5.88. The second kappa shape index (κ2) is 14.7. The van der Waals surface area contributed by atoms with Gasteiger partial charge in [-0.1, -0.05) is 90.9 Å². The molecule has 0 aromatic rings. The van der Waals surface area contributed by atoms with Crippen LogP contribution in [0.4, 0.5) is 0 Å². The Kier molecular flexibility index (Phi) is 14.9. The Hall–Kier alpha value is 0.177. The first kappa shape index (κ1) is 22.2. The van der Waals surface area contributed by atoms with Crippen molar-refractivity contribution >= 4 is 8.32 Å². The molecule has 1 nitrogen and oxygen atoms in total. The molecule has 0 aliphatic heterocycles. The Morgan fingerprint density at radius 3 is 1.50 bits per heavy atom. The fourth-order valence-electron chi connectivity index (χ4n) is 2.77. The lowest BCUT2D eigenvalue weighted by molar-refractivity contribution is 0.298. The van der Waals surface area contributed by atoms with Crippen molar-refractivity contribution in [3.63, 3.8) is 0 Å². The van der Waals surface area contributed by atoms with Gasteiger partial charge in [-0.05, 0) is 32.0 Å². The molecule has 0 bridgehead atoms. The molecule has 0 heterocycles. The van der Waals surface area contributed by atoms with Crippen LogP contribution < -0.4 is 0 Å². The Morgan fingerprint density at radius 2 is 1.09 bits per heavy atom. The minimum Gasteiger partial charge on any atom is -0.418 e. The minimum absolute atomic E-state index is 0.941. The van der Waals surface area contributed by atoms with Crippen LogP contribution in [0.2, 0.25) is 19.6 Å². The van der Waals surface area contributed by atoms with Crippen LogP contribution in [0.3, 0.4) is 0 Å². The van der Waals surface area contributed by atoms with Crippen molar-refractivity contribution < 1.29 is 4.43 Å². The van der Waals surface area contributed by atoms with Gasteiger partial charge < -0.3 is 4.43 Å². The van der Waals surface area contributed by atoms with E-state index in [1.165, 1.54) is 83.5 Å². The van der Waals surface area contributed by atoms with Crippen LogP contribution in [0.1, 0.15) is 97.3 Å². The van der Waals surface area contributed by atoms with Gasteiger partial charge in [0.15, 0.2) is 8.32 Å². The topological polar surface area (TPSA) is 9.23 Å². The van der Waals surface area contributed by atoms with Gasteiger partial charge in [-0.15, -0.1) is 0 Å². The summed E-state index contributed by atoms with van der Waals surface area (Å²) in [5.41, 5.74) is 0. The molecule has 0 aliphatic rings. The number of hydrogen-bond donors (Lipinski definition) is 0. The predicted octanol–water partition coefficient (Wildman–Crippen LogP) is 7.57. The fraction of sp³-hybridized carbons (Fsp3) is 1.00. The first-order valence-electron chi connectivity index (χ1n) is 10.1. The van der Waals surface area contributed by atoms with Crippen LogP contribution in [-0.4, -0.2) is 14.9 Å². The molecule has 1 unspecified atom stereocenters. The number of rotatable bonds is 16. The van der Waals surface area contributed by atoms with Crippen molar-refractivity contribution in [2.45, 2.75) is 117 Å². The molecule has 1 atom stereocenters. The molecule has 22 heavy (non-hydrogen) atoms. The van der Waals surface area contributed by atoms with Crippen molar-refractivity contribution in [1.29, 1.82) is 0 Å². The first-order chi connectivity index (χ1) is 10.5. The highest BCUT2D eigenvalue weighted by Crippen LogP contribution is 2.15. The van der Waals surface area contributed by atoms with E-state index >= 15 is 0 Å². The summed E-state index contributed by atoms with van der Waals surface area (Å²) >= 11 is 0. The molecule has 0 saturated carbocycles. The zero-order valence-corrected chi connectivity index (χ0v) is 17.4. The summed E-state index contributed by atoms with van der Waals surface area (Å²) in [6.45, 7) is 12.5. The van der Waals surface area contributed by atoms with Gasteiger partial charge in [0.1, 0.15) is 0 Å². The highest BCUT2D eigenvalue weighted by molar-refractivity contribution is 6.69. The van der Waals surface area contributed by atoms with E-state index in [1.54, 1.807) is 0 Å². The van der Waals surface area contributed by atoms with E-state index in [9.17, 15) is 0 Å². The van der Waals surface area contributed by atoms with Gasteiger partial charge in [-0.25, -0.2) is 0 Å². The van der Waals surface area contributed by atoms with Crippen molar-refractivity contribution in [1.82, 2.24) is 0 Å². The van der Waals surface area contributed by atoms with Crippen LogP contribution in [-0.2, 0) is 4.43 Å². The molecule has 0 N–H and O–H groups in total. The number of hydrogen-bond acceptors (Lipinski definition) is 1. The quantitative estimate of drug-likeness (QED) is 0.210. The van der Waals surface area contributed by atoms with Crippen molar-refractivity contribution in [3.05, 3.63) is 0 Å². The molecule has 0 fully saturated rings. The predicted molar refractivity (Wildman–Crippen MR) is 104 cm³/mol. The zero-order chi connectivity index (χ0) is 16.7. The molecule has 0 rings (SSSR count). The first-order valence-corrected chi connectivity index (χ1v) is 13.5. The third-order valence-corrected chi connectivity index (χ3v) is 5.64. The number of unbranched alkanes of at least 4 members (excludes halogenated alkanes) is 10. The highest BCUT2D eigenvalue weighted by atomic mass is 28.4. The van der Waals surface area contributed by atoms with E-state index in [0.29, 0.717) is 0 Å². The normalized spacial score (nSPS) is 13.5. The van der Waals surface area contributed by atoms with E-state index in [2.05, 4.69) is 33.5 Å². The molecule has 0 aromatic carbocycles. The maximum Gasteiger partial charge on any atom is 0.183 e. The molecular weight excluding hydrogens is 284 g/mol. The maximum absolute atomic E-state index is 5.88. The Labute approximate surface area is 142 Å². The van der Waals surface area contributed by atoms with E-state index in [-0.39, 0.29) is 0 Å². The van der Waals surface area contributed by atoms with E-state index < -0.39 is 8.32 Å². The second-order valence-electron chi connectivity index (χ2n) is 8.15. The van der Waals surface area contributed by atoms with Crippen LogP contribution in [0.25, 0.3) is 0 Å². The molecule has 2 heteroatoms. The average Bonchev–Trinajstić information content (AvgIpc) is 2.46. The highest BCUT2D eigenvalue weighted by Gasteiger charge is 2.12. The van der Waals surface area contributed by atoms with Gasteiger partial charge in [0, 0.05) is 6.61 Å². The third kappa shape index (κ3) is 18.2. The lowest BCUT2D eigenvalue weighted by atomic mass is 9.99. The monoisotopic (exact) mass is 328 g/mol. The molecule has 0 radical (unpaired) electrons. The Morgan fingerprint density at radius 1 is 0.682 bits per heavy atom. The van der Waals surface area contributed by atoms with Crippen molar-refractivity contribution in [3.8, 4) is 0 Å². The van der Waals surface area contributed by atoms with E-state index in [4.69, 9.17) is 4.43 Å².